The Morgan fingerprint density at radius 1 is 1.12 bits per heavy atom. The number of nitriles is 1. The Bertz CT molecular complexity index is 911. The number of anilines is 1. The summed E-state index contributed by atoms with van der Waals surface area (Å²) in [6.07, 6.45) is 0.547. The van der Waals surface area contributed by atoms with Crippen molar-refractivity contribution in [3.63, 3.8) is 0 Å². The Balaban J connectivity index is 1.55. The molecule has 0 aliphatic rings. The first-order valence-corrected chi connectivity index (χ1v) is 7.90. The lowest BCUT2D eigenvalue weighted by Gasteiger charge is -2.03. The fraction of sp³-hybridized carbons (Fsp3) is 0.111. The third-order valence-corrected chi connectivity index (χ3v) is 3.67. The van der Waals surface area contributed by atoms with E-state index < -0.39 is 0 Å². The van der Waals surface area contributed by atoms with Crippen LogP contribution >= 0.6 is 11.6 Å². The average molecular weight is 353 g/mol. The molecule has 1 N–H and O–H groups in total. The highest BCUT2D eigenvalue weighted by Gasteiger charge is 2.11. The Morgan fingerprint density at radius 3 is 2.52 bits per heavy atom. The lowest BCUT2D eigenvalue weighted by molar-refractivity contribution is -0.116. The van der Waals surface area contributed by atoms with Crippen molar-refractivity contribution in [2.75, 3.05) is 5.32 Å². The van der Waals surface area contributed by atoms with Gasteiger partial charge in [0.15, 0.2) is 0 Å². The molecule has 0 bridgehead atoms. The van der Waals surface area contributed by atoms with Gasteiger partial charge in [0.25, 0.3) is 0 Å². The van der Waals surface area contributed by atoms with Crippen molar-refractivity contribution in [1.82, 2.24) is 10.2 Å². The van der Waals surface area contributed by atoms with E-state index in [0.29, 0.717) is 34.5 Å². The molecule has 0 radical (unpaired) electrons. The van der Waals surface area contributed by atoms with Gasteiger partial charge in [0.1, 0.15) is 0 Å². The van der Waals surface area contributed by atoms with E-state index in [1.807, 2.05) is 6.07 Å². The normalized spacial score (nSPS) is 10.2. The summed E-state index contributed by atoms with van der Waals surface area (Å²) in [5, 5.41) is 20.1. The van der Waals surface area contributed by atoms with E-state index in [1.165, 1.54) is 0 Å². The first-order valence-electron chi connectivity index (χ1n) is 7.52. The van der Waals surface area contributed by atoms with Crippen LogP contribution in [0.15, 0.2) is 52.9 Å². The van der Waals surface area contributed by atoms with Crippen molar-refractivity contribution in [2.45, 2.75) is 12.8 Å². The van der Waals surface area contributed by atoms with Gasteiger partial charge in [-0.05, 0) is 48.5 Å². The van der Waals surface area contributed by atoms with Crippen LogP contribution in [-0.2, 0) is 11.2 Å². The molecular weight excluding hydrogens is 340 g/mol. The van der Waals surface area contributed by atoms with Crippen LogP contribution in [0.4, 0.5) is 5.69 Å². The van der Waals surface area contributed by atoms with Crippen LogP contribution in [0.5, 0.6) is 0 Å². The maximum absolute atomic E-state index is 12.0. The van der Waals surface area contributed by atoms with Gasteiger partial charge >= 0.3 is 0 Å². The molecule has 3 aromatic rings. The van der Waals surface area contributed by atoms with E-state index in [-0.39, 0.29) is 12.3 Å². The minimum absolute atomic E-state index is 0.170. The number of rotatable bonds is 5. The molecule has 25 heavy (non-hydrogen) atoms. The number of nitrogens with zero attached hydrogens (tertiary/aromatic N) is 3. The minimum atomic E-state index is -0.170. The van der Waals surface area contributed by atoms with Gasteiger partial charge in [0.05, 0.1) is 11.6 Å². The second kappa shape index (κ2) is 7.60. The van der Waals surface area contributed by atoms with Crippen molar-refractivity contribution in [1.29, 1.82) is 5.26 Å². The molecular formula is C18H13ClN4O2. The summed E-state index contributed by atoms with van der Waals surface area (Å²) in [7, 11) is 0. The summed E-state index contributed by atoms with van der Waals surface area (Å²) in [5.41, 5.74) is 1.94. The van der Waals surface area contributed by atoms with Crippen LogP contribution in [0.1, 0.15) is 17.9 Å². The number of benzene rings is 2. The van der Waals surface area contributed by atoms with E-state index >= 15 is 0 Å². The number of halogens is 1. The zero-order valence-corrected chi connectivity index (χ0v) is 13.8. The largest absolute Gasteiger partial charge is 0.421 e. The van der Waals surface area contributed by atoms with Crippen molar-refractivity contribution in [2.24, 2.45) is 0 Å². The highest BCUT2D eigenvalue weighted by molar-refractivity contribution is 6.30. The molecule has 6 nitrogen and oxygen atoms in total. The first kappa shape index (κ1) is 16.7. The molecule has 0 atom stereocenters. The van der Waals surface area contributed by atoms with Crippen LogP contribution < -0.4 is 5.32 Å². The van der Waals surface area contributed by atoms with E-state index in [9.17, 15) is 4.79 Å². The van der Waals surface area contributed by atoms with Crippen molar-refractivity contribution in [3.8, 4) is 17.5 Å². The average Bonchev–Trinajstić information content (AvgIpc) is 3.10. The predicted molar refractivity (Wildman–Crippen MR) is 92.9 cm³/mol. The second-order valence-corrected chi connectivity index (χ2v) is 5.68. The molecule has 2 aromatic carbocycles. The number of nitrogens with one attached hydrogen (secondary N) is 1. The quantitative estimate of drug-likeness (QED) is 0.753. The summed E-state index contributed by atoms with van der Waals surface area (Å²) in [6, 6.07) is 15.7. The molecule has 1 amide bonds. The van der Waals surface area contributed by atoms with Crippen LogP contribution in [0.25, 0.3) is 11.5 Å². The molecule has 0 fully saturated rings. The van der Waals surface area contributed by atoms with Crippen molar-refractivity contribution < 1.29 is 9.21 Å². The SMILES string of the molecule is N#Cc1ccc(NC(=O)CCc2nnc(-c3ccc(Cl)cc3)o2)cc1. The van der Waals surface area contributed by atoms with Crippen molar-refractivity contribution in [3.05, 3.63) is 65.0 Å². The lowest BCUT2D eigenvalue weighted by Crippen LogP contribution is -2.12. The van der Waals surface area contributed by atoms with E-state index in [4.69, 9.17) is 21.3 Å². The monoisotopic (exact) mass is 352 g/mol. The Morgan fingerprint density at radius 2 is 1.84 bits per heavy atom. The Labute approximate surface area is 149 Å². The third kappa shape index (κ3) is 4.43. The maximum Gasteiger partial charge on any atom is 0.247 e. The molecule has 0 aliphatic carbocycles. The number of aryl methyl sites for hydroxylation is 1. The van der Waals surface area contributed by atoms with Crippen molar-refractivity contribution >= 4 is 23.2 Å². The third-order valence-electron chi connectivity index (χ3n) is 3.42. The van der Waals surface area contributed by atoms with Crippen LogP contribution in [0.3, 0.4) is 0 Å². The fourth-order valence-corrected chi connectivity index (χ4v) is 2.26. The number of aromatic nitrogens is 2. The molecule has 0 saturated heterocycles. The number of amides is 1. The van der Waals surface area contributed by atoms with Gasteiger partial charge in [-0.3, -0.25) is 4.79 Å². The number of hydrogen-bond donors (Lipinski definition) is 1. The summed E-state index contributed by atoms with van der Waals surface area (Å²) in [4.78, 5) is 12.0. The predicted octanol–water partition coefficient (Wildman–Crippen LogP) is 3.83. The summed E-state index contributed by atoms with van der Waals surface area (Å²) in [5.74, 6) is 0.607. The zero-order valence-electron chi connectivity index (χ0n) is 13.1. The number of hydrogen-bond acceptors (Lipinski definition) is 5. The first-order chi connectivity index (χ1) is 12.1. The fourth-order valence-electron chi connectivity index (χ4n) is 2.14. The number of carbonyl (C=O) groups excluding carboxylic acids is 1. The molecule has 0 aliphatic heterocycles. The molecule has 7 heteroatoms. The number of carbonyl (C=O) groups is 1. The van der Waals surface area contributed by atoms with Gasteiger partial charge in [-0.1, -0.05) is 11.6 Å². The van der Waals surface area contributed by atoms with Gasteiger partial charge in [-0.25, -0.2) is 0 Å². The minimum Gasteiger partial charge on any atom is -0.421 e. The topological polar surface area (TPSA) is 91.8 Å². The van der Waals surface area contributed by atoms with Gasteiger partial charge in [0.2, 0.25) is 17.7 Å². The summed E-state index contributed by atoms with van der Waals surface area (Å²) < 4.78 is 5.56. The summed E-state index contributed by atoms with van der Waals surface area (Å²) in [6.45, 7) is 0. The van der Waals surface area contributed by atoms with E-state index in [0.717, 1.165) is 5.56 Å². The smallest absolute Gasteiger partial charge is 0.247 e. The van der Waals surface area contributed by atoms with Crippen LogP contribution in [0.2, 0.25) is 5.02 Å². The zero-order chi connectivity index (χ0) is 17.6. The summed E-state index contributed by atoms with van der Waals surface area (Å²) >= 11 is 5.85. The second-order valence-electron chi connectivity index (χ2n) is 5.25. The molecule has 0 spiro atoms. The van der Waals surface area contributed by atoms with Gasteiger partial charge < -0.3 is 9.73 Å². The van der Waals surface area contributed by atoms with E-state index in [2.05, 4.69) is 15.5 Å². The Kier molecular flexibility index (Phi) is 5.07. The molecule has 124 valence electrons. The van der Waals surface area contributed by atoms with Gasteiger partial charge in [0, 0.05) is 29.1 Å². The highest BCUT2D eigenvalue weighted by atomic mass is 35.5. The van der Waals surface area contributed by atoms with E-state index in [1.54, 1.807) is 48.5 Å². The molecule has 0 saturated carbocycles. The van der Waals surface area contributed by atoms with Gasteiger partial charge in [-0.2, -0.15) is 5.26 Å². The molecule has 3 rings (SSSR count). The Hall–Kier alpha value is -3.17. The molecule has 1 heterocycles. The lowest BCUT2D eigenvalue weighted by atomic mass is 10.2. The van der Waals surface area contributed by atoms with Crippen LogP contribution in [0, 0.1) is 11.3 Å². The van der Waals surface area contributed by atoms with Gasteiger partial charge in [-0.15, -0.1) is 10.2 Å². The molecule has 1 aromatic heterocycles. The maximum atomic E-state index is 12.0. The van der Waals surface area contributed by atoms with Crippen LogP contribution in [-0.4, -0.2) is 16.1 Å². The highest BCUT2D eigenvalue weighted by Crippen LogP contribution is 2.20. The standard InChI is InChI=1S/C18H13ClN4O2/c19-14-5-3-13(4-6-14)18-23-22-17(25-18)10-9-16(24)21-15-7-1-12(11-20)2-8-15/h1-8H,9-10H2,(H,21,24). The molecule has 0 unspecified atom stereocenters.